The summed E-state index contributed by atoms with van der Waals surface area (Å²) in [7, 11) is 1.77. The molecule has 0 amide bonds. The standard InChI is InChI=1S/C15H26N4O/c1-5-10-20-14-13(8-7-9-17-14)11-18-15(16-4)19-12(3)6-2/h7-9,12H,5-6,10-11H2,1-4H3,(H2,16,18,19). The van der Waals surface area contributed by atoms with Crippen LogP contribution in [0.5, 0.6) is 5.88 Å². The topological polar surface area (TPSA) is 58.5 Å². The Bertz CT molecular complexity index is 420. The Balaban J connectivity index is 2.59. The van der Waals surface area contributed by atoms with Gasteiger partial charge in [-0.2, -0.15) is 0 Å². The first kappa shape index (κ1) is 16.3. The third kappa shape index (κ3) is 5.47. The third-order valence-electron chi connectivity index (χ3n) is 2.96. The normalized spacial score (nSPS) is 12.9. The first-order valence-corrected chi connectivity index (χ1v) is 7.25. The first-order chi connectivity index (χ1) is 9.71. The highest BCUT2D eigenvalue weighted by molar-refractivity contribution is 5.79. The second kappa shape index (κ2) is 9.18. The van der Waals surface area contributed by atoms with Gasteiger partial charge in [-0.15, -0.1) is 0 Å². The van der Waals surface area contributed by atoms with Crippen LogP contribution in [-0.2, 0) is 6.54 Å². The SMILES string of the molecule is CCCOc1ncccc1CNC(=NC)NC(C)CC. The molecule has 0 saturated carbocycles. The Morgan fingerprint density at radius 1 is 1.45 bits per heavy atom. The molecule has 20 heavy (non-hydrogen) atoms. The maximum absolute atomic E-state index is 5.64. The number of aromatic nitrogens is 1. The van der Waals surface area contributed by atoms with Gasteiger partial charge in [-0.25, -0.2) is 4.98 Å². The van der Waals surface area contributed by atoms with E-state index in [0.717, 1.165) is 24.4 Å². The van der Waals surface area contributed by atoms with Crippen LogP contribution in [0.3, 0.4) is 0 Å². The van der Waals surface area contributed by atoms with Crippen molar-refractivity contribution in [2.45, 2.75) is 46.2 Å². The second-order valence-corrected chi connectivity index (χ2v) is 4.70. The Labute approximate surface area is 121 Å². The highest BCUT2D eigenvalue weighted by Gasteiger charge is 2.07. The van der Waals surface area contributed by atoms with Crippen LogP contribution in [0.25, 0.3) is 0 Å². The van der Waals surface area contributed by atoms with Crippen molar-refractivity contribution in [3.63, 3.8) is 0 Å². The number of hydrogen-bond donors (Lipinski definition) is 2. The summed E-state index contributed by atoms with van der Waals surface area (Å²) in [5.41, 5.74) is 1.04. The van der Waals surface area contributed by atoms with Crippen molar-refractivity contribution in [2.24, 2.45) is 4.99 Å². The van der Waals surface area contributed by atoms with E-state index in [1.54, 1.807) is 13.2 Å². The summed E-state index contributed by atoms with van der Waals surface area (Å²) >= 11 is 0. The fraction of sp³-hybridized carbons (Fsp3) is 0.600. The van der Waals surface area contributed by atoms with E-state index in [0.29, 0.717) is 25.1 Å². The fourth-order valence-electron chi connectivity index (χ4n) is 1.60. The molecular weight excluding hydrogens is 252 g/mol. The number of pyridine rings is 1. The fourth-order valence-corrected chi connectivity index (χ4v) is 1.60. The average molecular weight is 278 g/mol. The maximum Gasteiger partial charge on any atom is 0.218 e. The number of nitrogens with zero attached hydrogens (tertiary/aromatic N) is 2. The van der Waals surface area contributed by atoms with E-state index in [1.807, 2.05) is 12.1 Å². The third-order valence-corrected chi connectivity index (χ3v) is 2.96. The van der Waals surface area contributed by atoms with Gasteiger partial charge in [-0.1, -0.05) is 19.9 Å². The molecule has 5 nitrogen and oxygen atoms in total. The van der Waals surface area contributed by atoms with E-state index in [9.17, 15) is 0 Å². The van der Waals surface area contributed by atoms with E-state index in [4.69, 9.17) is 4.74 Å². The number of rotatable bonds is 7. The number of guanidine groups is 1. The smallest absolute Gasteiger partial charge is 0.218 e. The summed E-state index contributed by atoms with van der Waals surface area (Å²) in [4.78, 5) is 8.49. The Morgan fingerprint density at radius 3 is 2.90 bits per heavy atom. The van der Waals surface area contributed by atoms with Gasteiger partial charge < -0.3 is 15.4 Å². The molecule has 1 aromatic heterocycles. The monoisotopic (exact) mass is 278 g/mol. The lowest BCUT2D eigenvalue weighted by molar-refractivity contribution is 0.301. The minimum atomic E-state index is 0.394. The maximum atomic E-state index is 5.64. The Kier molecular flexibility index (Phi) is 7.47. The van der Waals surface area contributed by atoms with Crippen molar-refractivity contribution in [3.8, 4) is 5.88 Å². The number of nitrogens with one attached hydrogen (secondary N) is 2. The van der Waals surface area contributed by atoms with E-state index >= 15 is 0 Å². The lowest BCUT2D eigenvalue weighted by atomic mass is 10.2. The van der Waals surface area contributed by atoms with Crippen molar-refractivity contribution < 1.29 is 4.74 Å². The van der Waals surface area contributed by atoms with Crippen LogP contribution in [0, 0.1) is 0 Å². The highest BCUT2D eigenvalue weighted by Crippen LogP contribution is 2.14. The summed E-state index contributed by atoms with van der Waals surface area (Å²) in [5, 5.41) is 6.61. The van der Waals surface area contributed by atoms with Crippen LogP contribution in [0.4, 0.5) is 0 Å². The summed E-state index contributed by atoms with van der Waals surface area (Å²) in [6.45, 7) is 7.68. The second-order valence-electron chi connectivity index (χ2n) is 4.70. The predicted octanol–water partition coefficient (Wildman–Crippen LogP) is 2.33. The van der Waals surface area contributed by atoms with Gasteiger partial charge in [0.05, 0.1) is 6.61 Å². The van der Waals surface area contributed by atoms with Crippen LogP contribution in [-0.4, -0.2) is 30.6 Å². The van der Waals surface area contributed by atoms with Gasteiger partial charge in [-0.05, 0) is 25.8 Å². The van der Waals surface area contributed by atoms with Crippen LogP contribution >= 0.6 is 0 Å². The molecule has 0 radical (unpaired) electrons. The van der Waals surface area contributed by atoms with E-state index in [1.165, 1.54) is 0 Å². The minimum Gasteiger partial charge on any atom is -0.477 e. The lowest BCUT2D eigenvalue weighted by Crippen LogP contribution is -2.41. The molecule has 0 aliphatic rings. The van der Waals surface area contributed by atoms with Crippen molar-refractivity contribution in [1.82, 2.24) is 15.6 Å². The molecule has 112 valence electrons. The molecule has 1 rings (SSSR count). The molecule has 0 saturated heterocycles. The van der Waals surface area contributed by atoms with Gasteiger partial charge in [0.1, 0.15) is 0 Å². The quantitative estimate of drug-likeness (QED) is 0.594. The molecule has 2 N–H and O–H groups in total. The molecule has 1 unspecified atom stereocenters. The zero-order chi connectivity index (χ0) is 14.8. The predicted molar refractivity (Wildman–Crippen MR) is 83.1 cm³/mol. The van der Waals surface area contributed by atoms with Crippen molar-refractivity contribution in [3.05, 3.63) is 23.9 Å². The first-order valence-electron chi connectivity index (χ1n) is 7.25. The van der Waals surface area contributed by atoms with Gasteiger partial charge in [0.2, 0.25) is 5.88 Å². The van der Waals surface area contributed by atoms with Crippen molar-refractivity contribution in [2.75, 3.05) is 13.7 Å². The van der Waals surface area contributed by atoms with Crippen LogP contribution in [0.2, 0.25) is 0 Å². The zero-order valence-corrected chi connectivity index (χ0v) is 12.9. The molecule has 1 aromatic rings. The van der Waals surface area contributed by atoms with Crippen molar-refractivity contribution in [1.29, 1.82) is 0 Å². The Morgan fingerprint density at radius 2 is 2.25 bits per heavy atom. The van der Waals surface area contributed by atoms with E-state index < -0.39 is 0 Å². The average Bonchev–Trinajstić information content (AvgIpc) is 2.49. The summed E-state index contributed by atoms with van der Waals surface area (Å²) in [6.07, 6.45) is 3.78. The molecule has 0 spiro atoms. The van der Waals surface area contributed by atoms with Crippen LogP contribution < -0.4 is 15.4 Å². The lowest BCUT2D eigenvalue weighted by Gasteiger charge is -2.17. The molecule has 0 fully saturated rings. The van der Waals surface area contributed by atoms with Gasteiger partial charge >= 0.3 is 0 Å². The van der Waals surface area contributed by atoms with Gasteiger partial charge in [-0.3, -0.25) is 4.99 Å². The molecule has 0 aliphatic carbocycles. The van der Waals surface area contributed by atoms with E-state index in [-0.39, 0.29) is 0 Å². The van der Waals surface area contributed by atoms with Crippen LogP contribution in [0.1, 0.15) is 39.2 Å². The van der Waals surface area contributed by atoms with E-state index in [2.05, 4.69) is 41.4 Å². The molecular formula is C15H26N4O. The largest absolute Gasteiger partial charge is 0.477 e. The molecule has 0 bridgehead atoms. The minimum absolute atomic E-state index is 0.394. The molecule has 1 heterocycles. The van der Waals surface area contributed by atoms with Gasteiger partial charge in [0.25, 0.3) is 0 Å². The van der Waals surface area contributed by atoms with Gasteiger partial charge in [0, 0.05) is 31.4 Å². The summed E-state index contributed by atoms with van der Waals surface area (Å²) in [6, 6.07) is 4.33. The summed E-state index contributed by atoms with van der Waals surface area (Å²) < 4.78 is 5.64. The molecule has 1 atom stereocenters. The van der Waals surface area contributed by atoms with Crippen LogP contribution in [0.15, 0.2) is 23.3 Å². The Hall–Kier alpha value is -1.78. The molecule has 0 aromatic carbocycles. The number of aliphatic imine (C=N–C) groups is 1. The number of hydrogen-bond acceptors (Lipinski definition) is 3. The molecule has 5 heteroatoms. The van der Waals surface area contributed by atoms with Gasteiger partial charge in [0.15, 0.2) is 5.96 Å². The van der Waals surface area contributed by atoms with Crippen molar-refractivity contribution >= 4 is 5.96 Å². The highest BCUT2D eigenvalue weighted by atomic mass is 16.5. The summed E-state index contributed by atoms with van der Waals surface area (Å²) in [5.74, 6) is 1.49. The zero-order valence-electron chi connectivity index (χ0n) is 12.9. The number of ether oxygens (including phenoxy) is 1. The molecule has 0 aliphatic heterocycles.